The second kappa shape index (κ2) is 8.97. The Kier molecular flexibility index (Phi) is 6.39. The highest BCUT2D eigenvalue weighted by molar-refractivity contribution is 7.80. The van der Waals surface area contributed by atoms with Crippen molar-refractivity contribution in [2.45, 2.75) is 0 Å². The molecule has 2 N–H and O–H groups in total. The molecule has 0 aliphatic carbocycles. The van der Waals surface area contributed by atoms with Crippen LogP contribution in [0.1, 0.15) is 20.8 Å². The Morgan fingerprint density at radius 1 is 1.14 bits per heavy atom. The number of amides is 2. The van der Waals surface area contributed by atoms with Crippen molar-refractivity contribution in [2.75, 3.05) is 38.0 Å². The van der Waals surface area contributed by atoms with Gasteiger partial charge in [0, 0.05) is 32.2 Å². The van der Waals surface area contributed by atoms with E-state index in [4.69, 9.17) is 9.29 Å². The number of nitrogens with one attached hydrogen (secondary N) is 1. The number of rotatable bonds is 5. The largest absolute Gasteiger partial charge is 0.496 e. The first-order valence-corrected chi connectivity index (χ1v) is 9.75. The lowest BCUT2D eigenvalue weighted by Crippen LogP contribution is -2.50. The zero-order chi connectivity index (χ0) is 21.0. The summed E-state index contributed by atoms with van der Waals surface area (Å²) in [7, 11) is 1.40. The minimum Gasteiger partial charge on any atom is -0.496 e. The number of piperazine rings is 1. The van der Waals surface area contributed by atoms with E-state index in [0.29, 0.717) is 37.4 Å². The number of carbonyl (C=O) groups excluding carboxylic acids is 2. The molecular formula is C18H19FN4O5S. The van der Waals surface area contributed by atoms with Crippen molar-refractivity contribution in [1.82, 2.24) is 14.8 Å². The SMILES string of the molecule is COc1cc(NS(=O)O)ccc1C(=O)N1CCN(C(=O)c2ccc(F)cn2)CC1. The van der Waals surface area contributed by atoms with Crippen molar-refractivity contribution < 1.29 is 27.5 Å². The molecule has 1 aliphatic heterocycles. The molecule has 1 aromatic heterocycles. The Bertz CT molecular complexity index is 932. The molecule has 9 nitrogen and oxygen atoms in total. The van der Waals surface area contributed by atoms with Crippen molar-refractivity contribution in [3.63, 3.8) is 0 Å². The second-order valence-electron chi connectivity index (χ2n) is 6.21. The molecular weight excluding hydrogens is 403 g/mol. The van der Waals surface area contributed by atoms with Crippen LogP contribution in [-0.2, 0) is 11.3 Å². The molecule has 29 heavy (non-hydrogen) atoms. The monoisotopic (exact) mass is 422 g/mol. The van der Waals surface area contributed by atoms with Crippen molar-refractivity contribution in [2.24, 2.45) is 0 Å². The standard InChI is InChI=1S/C18H19FN4O5S/c1-28-16-10-13(21-29(26)27)3-4-14(16)17(24)22-6-8-23(9-7-22)18(25)15-5-2-12(19)11-20-15/h2-5,10-11,21H,6-9H2,1H3,(H,26,27). The van der Waals surface area contributed by atoms with Gasteiger partial charge < -0.3 is 14.5 Å². The van der Waals surface area contributed by atoms with E-state index in [9.17, 15) is 18.2 Å². The minimum absolute atomic E-state index is 0.150. The van der Waals surface area contributed by atoms with Gasteiger partial charge in [0.05, 0.1) is 24.6 Å². The summed E-state index contributed by atoms with van der Waals surface area (Å²) in [6.07, 6.45) is 0.990. The number of benzene rings is 1. The zero-order valence-corrected chi connectivity index (χ0v) is 16.3. The van der Waals surface area contributed by atoms with Gasteiger partial charge in [-0.1, -0.05) is 0 Å². The Morgan fingerprint density at radius 3 is 2.34 bits per heavy atom. The third-order valence-corrected chi connectivity index (χ3v) is 4.85. The lowest BCUT2D eigenvalue weighted by Gasteiger charge is -2.34. The smallest absolute Gasteiger partial charge is 0.272 e. The van der Waals surface area contributed by atoms with Gasteiger partial charge in [-0.3, -0.25) is 18.9 Å². The summed E-state index contributed by atoms with van der Waals surface area (Å²) in [6, 6.07) is 6.98. The second-order valence-corrected chi connectivity index (χ2v) is 6.91. The van der Waals surface area contributed by atoms with E-state index in [0.717, 1.165) is 6.20 Å². The van der Waals surface area contributed by atoms with Crippen LogP contribution in [0.2, 0.25) is 0 Å². The molecule has 1 aromatic carbocycles. The average Bonchev–Trinajstić information content (AvgIpc) is 2.73. The Balaban J connectivity index is 1.66. The maximum absolute atomic E-state index is 13.0. The quantitative estimate of drug-likeness (QED) is 0.704. The molecule has 0 radical (unpaired) electrons. The number of carbonyl (C=O) groups is 2. The Labute approximate surface area is 168 Å². The van der Waals surface area contributed by atoms with Crippen LogP contribution in [0.15, 0.2) is 36.5 Å². The molecule has 154 valence electrons. The van der Waals surface area contributed by atoms with Crippen molar-refractivity contribution >= 4 is 28.8 Å². The number of nitrogens with zero attached hydrogens (tertiary/aromatic N) is 3. The predicted octanol–water partition coefficient (Wildman–Crippen LogP) is 1.38. The summed E-state index contributed by atoms with van der Waals surface area (Å²) in [5, 5.41) is 0. The van der Waals surface area contributed by atoms with Crippen LogP contribution in [0.3, 0.4) is 0 Å². The first-order valence-electron chi connectivity index (χ1n) is 8.64. The molecule has 1 atom stereocenters. The van der Waals surface area contributed by atoms with Crippen LogP contribution in [-0.4, -0.2) is 68.6 Å². The van der Waals surface area contributed by atoms with Crippen LogP contribution in [0.5, 0.6) is 5.75 Å². The van der Waals surface area contributed by atoms with Gasteiger partial charge in [-0.05, 0) is 24.3 Å². The van der Waals surface area contributed by atoms with Crippen LogP contribution in [0.25, 0.3) is 0 Å². The maximum atomic E-state index is 13.0. The normalized spacial score (nSPS) is 15.0. The van der Waals surface area contributed by atoms with E-state index < -0.39 is 17.1 Å². The summed E-state index contributed by atoms with van der Waals surface area (Å²) in [5.41, 5.74) is 0.792. The molecule has 0 bridgehead atoms. The molecule has 1 aliphatic rings. The summed E-state index contributed by atoms with van der Waals surface area (Å²) in [5.74, 6) is -0.843. The topological polar surface area (TPSA) is 112 Å². The molecule has 1 saturated heterocycles. The summed E-state index contributed by atoms with van der Waals surface area (Å²) >= 11 is -2.24. The third-order valence-electron chi connectivity index (χ3n) is 4.44. The molecule has 2 heterocycles. The first-order chi connectivity index (χ1) is 13.9. The minimum atomic E-state index is -2.24. The van der Waals surface area contributed by atoms with Crippen molar-refractivity contribution in [3.8, 4) is 5.75 Å². The molecule has 0 saturated carbocycles. The van der Waals surface area contributed by atoms with Crippen LogP contribution in [0.4, 0.5) is 10.1 Å². The van der Waals surface area contributed by atoms with Gasteiger partial charge in [0.1, 0.15) is 17.3 Å². The lowest BCUT2D eigenvalue weighted by molar-refractivity contribution is 0.0530. The average molecular weight is 422 g/mol. The Morgan fingerprint density at radius 2 is 1.79 bits per heavy atom. The van der Waals surface area contributed by atoms with Gasteiger partial charge in [-0.25, -0.2) is 13.6 Å². The number of anilines is 1. The van der Waals surface area contributed by atoms with E-state index in [2.05, 4.69) is 9.71 Å². The van der Waals surface area contributed by atoms with E-state index in [1.807, 2.05) is 0 Å². The molecule has 1 fully saturated rings. The Hall–Kier alpha value is -3.05. The lowest BCUT2D eigenvalue weighted by atomic mass is 10.1. The number of hydrogen-bond acceptors (Lipinski definition) is 5. The summed E-state index contributed by atoms with van der Waals surface area (Å²) in [4.78, 5) is 32.3. The van der Waals surface area contributed by atoms with E-state index in [1.165, 1.54) is 37.4 Å². The van der Waals surface area contributed by atoms with Crippen LogP contribution in [0, 0.1) is 5.82 Å². The number of aromatic nitrogens is 1. The predicted molar refractivity (Wildman–Crippen MR) is 103 cm³/mol. The van der Waals surface area contributed by atoms with Crippen molar-refractivity contribution in [1.29, 1.82) is 0 Å². The molecule has 3 rings (SSSR count). The maximum Gasteiger partial charge on any atom is 0.272 e. The molecule has 0 spiro atoms. The molecule has 11 heteroatoms. The van der Waals surface area contributed by atoms with Gasteiger partial charge in [0.15, 0.2) is 0 Å². The van der Waals surface area contributed by atoms with Crippen LogP contribution < -0.4 is 9.46 Å². The van der Waals surface area contributed by atoms with Gasteiger partial charge in [0.2, 0.25) is 0 Å². The molecule has 2 aromatic rings. The van der Waals surface area contributed by atoms with E-state index in [1.54, 1.807) is 9.80 Å². The highest BCUT2D eigenvalue weighted by atomic mass is 32.2. The van der Waals surface area contributed by atoms with Gasteiger partial charge in [0.25, 0.3) is 23.1 Å². The van der Waals surface area contributed by atoms with Gasteiger partial charge in [-0.15, -0.1) is 0 Å². The van der Waals surface area contributed by atoms with E-state index >= 15 is 0 Å². The summed E-state index contributed by atoms with van der Waals surface area (Å²) < 4.78 is 40.3. The van der Waals surface area contributed by atoms with Crippen molar-refractivity contribution in [3.05, 3.63) is 53.6 Å². The number of pyridine rings is 1. The fourth-order valence-electron chi connectivity index (χ4n) is 2.98. The fraction of sp³-hybridized carbons (Fsp3) is 0.278. The van der Waals surface area contributed by atoms with E-state index in [-0.39, 0.29) is 23.3 Å². The number of hydrogen-bond donors (Lipinski definition) is 2. The fourth-order valence-corrected chi connectivity index (χ4v) is 3.31. The highest BCUT2D eigenvalue weighted by Gasteiger charge is 2.27. The van der Waals surface area contributed by atoms with Crippen LogP contribution >= 0.6 is 0 Å². The number of methoxy groups -OCH3 is 1. The highest BCUT2D eigenvalue weighted by Crippen LogP contribution is 2.25. The van der Waals surface area contributed by atoms with Gasteiger partial charge in [-0.2, -0.15) is 0 Å². The molecule has 2 amide bonds. The zero-order valence-electron chi connectivity index (χ0n) is 15.5. The molecule has 1 unspecified atom stereocenters. The first kappa shape index (κ1) is 20.7. The summed E-state index contributed by atoms with van der Waals surface area (Å²) in [6.45, 7) is 1.26. The third kappa shape index (κ3) is 4.87. The number of halogens is 1. The number of ether oxygens (including phenoxy) is 1. The van der Waals surface area contributed by atoms with Gasteiger partial charge >= 0.3 is 0 Å².